The highest BCUT2D eigenvalue weighted by Gasteiger charge is 2.22. The van der Waals surface area contributed by atoms with Gasteiger partial charge in [-0.05, 0) is 110 Å². The molecule has 5 aromatic rings. The summed E-state index contributed by atoms with van der Waals surface area (Å²) in [6, 6.07) is 25.8. The highest BCUT2D eigenvalue weighted by Crippen LogP contribution is 2.39. The van der Waals surface area contributed by atoms with Gasteiger partial charge >= 0.3 is 0 Å². The topological polar surface area (TPSA) is 225 Å². The van der Waals surface area contributed by atoms with Crippen molar-refractivity contribution in [3.8, 4) is 23.0 Å². The zero-order chi connectivity index (χ0) is 41.1. The van der Waals surface area contributed by atoms with E-state index in [1.165, 1.54) is 87.0 Å². The molecule has 0 spiro atoms. The molecule has 0 saturated carbocycles. The molecule has 0 atom stereocenters. The third kappa shape index (κ3) is 10.7. The lowest BCUT2D eigenvalue weighted by atomic mass is 10.1. The number of methoxy groups -OCH3 is 2. The SMILES string of the molecule is COc1cc(SO)ccc1NC(=O)c1ccc(NC(=O)c2ccc(NC(=O)CNC(=O)c3ccc(NC(=O)/C(C)=C/c4ccc(O)cc4)cc3)cc2)c(OC)c1O. The molecule has 16 heteroatoms. The summed E-state index contributed by atoms with van der Waals surface area (Å²) < 4.78 is 19.9. The van der Waals surface area contributed by atoms with Crippen molar-refractivity contribution in [2.45, 2.75) is 11.8 Å². The van der Waals surface area contributed by atoms with Crippen LogP contribution in [0.4, 0.5) is 22.7 Å². The first kappa shape index (κ1) is 40.9. The van der Waals surface area contributed by atoms with E-state index < -0.39 is 29.4 Å². The maximum absolute atomic E-state index is 13.1. The van der Waals surface area contributed by atoms with E-state index in [4.69, 9.17) is 9.47 Å². The minimum atomic E-state index is -0.687. The van der Waals surface area contributed by atoms with E-state index in [0.717, 1.165) is 5.56 Å². The monoisotopic (exact) mass is 791 g/mol. The number of amides is 5. The van der Waals surface area contributed by atoms with Gasteiger partial charge in [-0.3, -0.25) is 24.0 Å². The highest BCUT2D eigenvalue weighted by atomic mass is 32.2. The Hall–Kier alpha value is -7.30. The van der Waals surface area contributed by atoms with Crippen molar-refractivity contribution >= 4 is 70.4 Å². The predicted octanol–water partition coefficient (Wildman–Crippen LogP) is 6.60. The molecule has 0 heterocycles. The van der Waals surface area contributed by atoms with Gasteiger partial charge in [-0.15, -0.1) is 0 Å². The smallest absolute Gasteiger partial charge is 0.259 e. The second kappa shape index (κ2) is 18.8. The lowest BCUT2D eigenvalue weighted by molar-refractivity contribution is -0.115. The van der Waals surface area contributed by atoms with Crippen LogP contribution in [0.25, 0.3) is 6.08 Å². The lowest BCUT2D eigenvalue weighted by Crippen LogP contribution is -2.32. The fourth-order valence-corrected chi connectivity index (χ4v) is 5.56. The molecule has 57 heavy (non-hydrogen) atoms. The summed E-state index contributed by atoms with van der Waals surface area (Å²) in [6.45, 7) is 1.31. The van der Waals surface area contributed by atoms with Crippen LogP contribution in [0, 0.1) is 0 Å². The van der Waals surface area contributed by atoms with E-state index in [2.05, 4.69) is 26.6 Å². The number of phenols is 2. The molecule has 15 nitrogen and oxygen atoms in total. The van der Waals surface area contributed by atoms with Crippen LogP contribution in [0.5, 0.6) is 23.0 Å². The maximum Gasteiger partial charge on any atom is 0.259 e. The summed E-state index contributed by atoms with van der Waals surface area (Å²) in [6.07, 6.45) is 1.67. The minimum Gasteiger partial charge on any atom is -0.508 e. The van der Waals surface area contributed by atoms with Crippen molar-refractivity contribution < 1.29 is 48.2 Å². The van der Waals surface area contributed by atoms with E-state index in [1.54, 1.807) is 43.3 Å². The summed E-state index contributed by atoms with van der Waals surface area (Å²) in [4.78, 5) is 64.4. The van der Waals surface area contributed by atoms with Gasteiger partial charge in [0.25, 0.3) is 23.6 Å². The summed E-state index contributed by atoms with van der Waals surface area (Å²) in [5, 5.41) is 33.5. The van der Waals surface area contributed by atoms with Gasteiger partial charge in [0, 0.05) is 45.0 Å². The molecule has 292 valence electrons. The normalized spacial score (nSPS) is 10.8. The number of rotatable bonds is 14. The standard InChI is InChI=1S/C41H37N5O10S/c1-23(20-24-4-14-29(47)15-5-24)38(50)44-28-12-6-25(7-13-28)39(51)42-22-35(48)43-27-10-8-26(9-11-27)40(52)46-33-19-17-31(36(49)37(33)56-3)41(53)45-32-18-16-30(57-54)21-34(32)55-2/h4-21,47,49,54H,22H2,1-3H3,(H,42,51)(H,43,48)(H,44,50)(H,45,53)(H,46,52)/b23-20+. The van der Waals surface area contributed by atoms with Gasteiger partial charge in [0.05, 0.1) is 37.7 Å². The Morgan fingerprint density at radius 1 is 0.667 bits per heavy atom. The van der Waals surface area contributed by atoms with E-state index in [9.17, 15) is 38.7 Å². The second-order valence-electron chi connectivity index (χ2n) is 12.2. The molecule has 0 bridgehead atoms. The van der Waals surface area contributed by atoms with Crippen molar-refractivity contribution in [2.75, 3.05) is 42.0 Å². The van der Waals surface area contributed by atoms with Crippen LogP contribution in [0.2, 0.25) is 0 Å². The molecule has 0 aromatic heterocycles. The lowest BCUT2D eigenvalue weighted by Gasteiger charge is -2.16. The van der Waals surface area contributed by atoms with Crippen LogP contribution in [-0.4, -0.2) is 65.1 Å². The first-order valence-electron chi connectivity index (χ1n) is 17.0. The third-order valence-electron chi connectivity index (χ3n) is 8.23. The fraction of sp³-hybridized carbons (Fsp3) is 0.0976. The van der Waals surface area contributed by atoms with E-state index in [1.807, 2.05) is 0 Å². The number of ether oxygens (including phenoxy) is 2. The molecule has 0 radical (unpaired) electrons. The van der Waals surface area contributed by atoms with Crippen LogP contribution in [0.15, 0.2) is 114 Å². The molecular weight excluding hydrogens is 755 g/mol. The number of phenolic OH excluding ortho intramolecular Hbond substituents is 2. The third-order valence-corrected chi connectivity index (χ3v) is 8.70. The van der Waals surface area contributed by atoms with Crippen LogP contribution in [-0.2, 0) is 9.59 Å². The largest absolute Gasteiger partial charge is 0.508 e. The molecule has 0 aliphatic carbocycles. The van der Waals surface area contributed by atoms with Crippen LogP contribution < -0.4 is 36.1 Å². The Morgan fingerprint density at radius 3 is 1.88 bits per heavy atom. The number of benzene rings is 5. The maximum atomic E-state index is 13.1. The highest BCUT2D eigenvalue weighted by molar-refractivity contribution is 7.93. The number of anilines is 4. The number of aromatic hydroxyl groups is 2. The summed E-state index contributed by atoms with van der Waals surface area (Å²) >= 11 is 0.516. The molecule has 0 aliphatic heterocycles. The van der Waals surface area contributed by atoms with E-state index in [-0.39, 0.29) is 52.1 Å². The van der Waals surface area contributed by atoms with Gasteiger partial charge in [0.2, 0.25) is 5.91 Å². The van der Waals surface area contributed by atoms with Crippen LogP contribution in [0.3, 0.4) is 0 Å². The molecule has 0 saturated heterocycles. The number of hydrogen-bond donors (Lipinski definition) is 8. The van der Waals surface area contributed by atoms with Crippen molar-refractivity contribution in [1.29, 1.82) is 0 Å². The minimum absolute atomic E-state index is 0.0835. The van der Waals surface area contributed by atoms with Crippen molar-refractivity contribution in [3.63, 3.8) is 0 Å². The van der Waals surface area contributed by atoms with Crippen molar-refractivity contribution in [2.24, 2.45) is 0 Å². The Bertz CT molecular complexity index is 2330. The Morgan fingerprint density at radius 2 is 1.26 bits per heavy atom. The molecule has 5 amide bonds. The Kier molecular flexibility index (Phi) is 13.5. The molecule has 5 rings (SSSR count). The fourth-order valence-electron chi connectivity index (χ4n) is 5.27. The number of carbonyl (C=O) groups excluding carboxylic acids is 5. The molecule has 5 aromatic carbocycles. The second-order valence-corrected chi connectivity index (χ2v) is 12.8. The van der Waals surface area contributed by atoms with Gasteiger partial charge in [-0.25, -0.2) is 0 Å². The molecular formula is C41H37N5O10S. The number of carbonyl (C=O) groups is 5. The number of hydrogen-bond acceptors (Lipinski definition) is 11. The quantitative estimate of drug-likeness (QED) is 0.0442. The van der Waals surface area contributed by atoms with Crippen molar-refractivity contribution in [3.05, 3.63) is 131 Å². The Labute approximate surface area is 330 Å². The van der Waals surface area contributed by atoms with E-state index >= 15 is 0 Å². The average Bonchev–Trinajstić information content (AvgIpc) is 3.21. The zero-order valence-electron chi connectivity index (χ0n) is 30.7. The molecule has 0 fully saturated rings. The van der Waals surface area contributed by atoms with Crippen molar-refractivity contribution in [1.82, 2.24) is 5.32 Å². The Balaban J connectivity index is 1.11. The zero-order valence-corrected chi connectivity index (χ0v) is 31.5. The first-order chi connectivity index (χ1) is 27.4. The molecule has 0 aliphatic rings. The summed E-state index contributed by atoms with van der Waals surface area (Å²) in [5.74, 6) is -2.92. The average molecular weight is 792 g/mol. The summed E-state index contributed by atoms with van der Waals surface area (Å²) in [7, 11) is 2.67. The van der Waals surface area contributed by atoms with Gasteiger partial charge in [0.1, 0.15) is 11.5 Å². The summed E-state index contributed by atoms with van der Waals surface area (Å²) in [5.41, 5.74) is 2.69. The number of nitrogens with one attached hydrogen (secondary N) is 5. The van der Waals surface area contributed by atoms with E-state index in [0.29, 0.717) is 39.6 Å². The molecule has 0 unspecified atom stereocenters. The van der Waals surface area contributed by atoms with Gasteiger partial charge in [0.15, 0.2) is 11.5 Å². The van der Waals surface area contributed by atoms with Crippen LogP contribution >= 0.6 is 12.0 Å². The first-order valence-corrected chi connectivity index (χ1v) is 17.7. The van der Waals surface area contributed by atoms with Gasteiger partial charge < -0.3 is 50.8 Å². The van der Waals surface area contributed by atoms with Crippen LogP contribution in [0.1, 0.15) is 43.6 Å². The predicted molar refractivity (Wildman–Crippen MR) is 216 cm³/mol. The van der Waals surface area contributed by atoms with Gasteiger partial charge in [-0.2, -0.15) is 0 Å². The molecule has 8 N–H and O–H groups in total. The van der Waals surface area contributed by atoms with Gasteiger partial charge in [-0.1, -0.05) is 12.1 Å².